The van der Waals surface area contributed by atoms with Gasteiger partial charge in [-0.1, -0.05) is 11.6 Å². The minimum absolute atomic E-state index is 0. The number of fused-ring (bicyclic) bond motifs is 3. The number of rotatable bonds is 3. The van der Waals surface area contributed by atoms with Gasteiger partial charge < -0.3 is 10.5 Å². The Balaban J connectivity index is 0.00000120. The van der Waals surface area contributed by atoms with E-state index < -0.39 is 0 Å². The summed E-state index contributed by atoms with van der Waals surface area (Å²) in [6, 6.07) is 3.82. The maximum absolute atomic E-state index is 7.25. The number of ether oxygens (including phenoxy) is 1. The van der Waals surface area contributed by atoms with E-state index in [1.165, 1.54) is 25.9 Å². The number of nitrogens with zero attached hydrogens (tertiary/aromatic N) is 2. The molecule has 4 rings (SSSR count). The predicted octanol–water partition coefficient (Wildman–Crippen LogP) is -0.889. The number of hydrogen-bond donors (Lipinski definition) is 0. The van der Waals surface area contributed by atoms with Crippen LogP contribution in [0.1, 0.15) is 18.4 Å². The zero-order chi connectivity index (χ0) is 11.7. The fraction of sp³-hybridized carbons (Fsp3) is 0.615. The Bertz CT molecular complexity index is 376. The maximum Gasteiger partial charge on any atom is 1.00 e. The molecule has 0 spiro atoms. The number of nitrogens with one attached hydrogen (secondary N) is 1. The second-order valence-electron chi connectivity index (χ2n) is 4.98. The fourth-order valence-corrected chi connectivity index (χ4v) is 2.78. The van der Waals surface area contributed by atoms with Crippen molar-refractivity contribution >= 4 is 0 Å². The fourth-order valence-electron chi connectivity index (χ4n) is 2.78. The molecule has 4 heterocycles. The van der Waals surface area contributed by atoms with Crippen LogP contribution < -0.4 is 62.9 Å². The van der Waals surface area contributed by atoms with E-state index in [4.69, 9.17) is 10.5 Å². The third kappa shape index (κ3) is 3.41. The smallest absolute Gasteiger partial charge is 0.674 e. The van der Waals surface area contributed by atoms with Crippen molar-refractivity contribution in [2.75, 3.05) is 19.6 Å². The van der Waals surface area contributed by atoms with Crippen molar-refractivity contribution in [2.45, 2.75) is 25.5 Å². The van der Waals surface area contributed by atoms with Gasteiger partial charge in [0.1, 0.15) is 6.10 Å². The first-order chi connectivity index (χ1) is 8.35. The molecule has 0 aromatic carbocycles. The van der Waals surface area contributed by atoms with E-state index in [-0.39, 0.29) is 64.7 Å². The summed E-state index contributed by atoms with van der Waals surface area (Å²) in [7, 11) is 0. The van der Waals surface area contributed by atoms with Crippen molar-refractivity contribution in [1.82, 2.24) is 9.88 Å². The van der Waals surface area contributed by atoms with Crippen LogP contribution in [0.4, 0.5) is 0 Å². The molecular weight excluding hydrogens is 300 g/mol. The molecule has 3 aliphatic heterocycles. The van der Waals surface area contributed by atoms with E-state index in [1.807, 2.05) is 12.1 Å². The monoisotopic (exact) mass is 317 g/mol. The predicted molar refractivity (Wildman–Crippen MR) is 65.8 cm³/mol. The normalized spacial score (nSPS) is 29.7. The van der Waals surface area contributed by atoms with Crippen molar-refractivity contribution in [2.24, 2.45) is 5.92 Å². The van der Waals surface area contributed by atoms with Crippen LogP contribution in [-0.4, -0.2) is 35.6 Å². The summed E-state index contributed by atoms with van der Waals surface area (Å²) in [4.78, 5) is 6.74. The molecule has 5 heteroatoms. The van der Waals surface area contributed by atoms with Gasteiger partial charge in [-0.05, 0) is 31.8 Å². The minimum atomic E-state index is 0. The SMILES string of the molecule is [NH-]Cc1ccc(OC2CN3CCC2CC3)nc1.[Rb+]. The molecule has 1 aromatic heterocycles. The summed E-state index contributed by atoms with van der Waals surface area (Å²) in [6.07, 6.45) is 4.57. The summed E-state index contributed by atoms with van der Waals surface area (Å²) >= 11 is 0. The van der Waals surface area contributed by atoms with Gasteiger partial charge in [0.15, 0.2) is 0 Å². The average Bonchev–Trinajstić information content (AvgIpc) is 2.41. The maximum atomic E-state index is 7.25. The summed E-state index contributed by atoms with van der Waals surface area (Å²) in [5, 5.41) is 0. The summed E-state index contributed by atoms with van der Waals surface area (Å²) in [5.74, 6) is 1.42. The molecule has 0 saturated carbocycles. The molecule has 1 atom stereocenters. The summed E-state index contributed by atoms with van der Waals surface area (Å²) in [5.41, 5.74) is 8.18. The molecule has 18 heavy (non-hydrogen) atoms. The molecule has 1 aromatic rings. The molecule has 0 radical (unpaired) electrons. The molecule has 1 unspecified atom stereocenters. The third-order valence-corrected chi connectivity index (χ3v) is 3.87. The van der Waals surface area contributed by atoms with Gasteiger partial charge in [0.05, 0.1) is 0 Å². The quantitative estimate of drug-likeness (QED) is 0.727. The Morgan fingerprint density at radius 3 is 2.61 bits per heavy atom. The second-order valence-corrected chi connectivity index (χ2v) is 4.98. The van der Waals surface area contributed by atoms with Gasteiger partial charge in [0, 0.05) is 18.8 Å². The van der Waals surface area contributed by atoms with Gasteiger partial charge in [-0.15, -0.1) is 6.54 Å². The first-order valence-electron chi connectivity index (χ1n) is 6.33. The molecule has 1 N–H and O–H groups in total. The largest absolute Gasteiger partial charge is 1.00 e. The molecule has 92 valence electrons. The number of piperidine rings is 3. The van der Waals surface area contributed by atoms with E-state index in [9.17, 15) is 0 Å². The number of pyridine rings is 1. The molecule has 3 saturated heterocycles. The Labute approximate surface area is 157 Å². The van der Waals surface area contributed by atoms with Crippen LogP contribution in [0, 0.1) is 5.92 Å². The van der Waals surface area contributed by atoms with Crippen LogP contribution in [0.25, 0.3) is 5.73 Å². The van der Waals surface area contributed by atoms with E-state index in [0.717, 1.165) is 12.1 Å². The molecular formula is C13H18N3ORb. The minimum Gasteiger partial charge on any atom is -0.674 e. The Hall–Kier alpha value is 0.675. The van der Waals surface area contributed by atoms with Gasteiger partial charge in [0.2, 0.25) is 5.88 Å². The summed E-state index contributed by atoms with van der Waals surface area (Å²) in [6.45, 7) is 3.80. The van der Waals surface area contributed by atoms with Gasteiger partial charge in [-0.25, -0.2) is 4.98 Å². The second kappa shape index (κ2) is 6.91. The van der Waals surface area contributed by atoms with E-state index in [2.05, 4.69) is 9.88 Å². The average molecular weight is 318 g/mol. The van der Waals surface area contributed by atoms with Crippen molar-refractivity contribution < 1.29 is 62.9 Å². The zero-order valence-corrected chi connectivity index (χ0v) is 15.8. The molecule has 0 aliphatic carbocycles. The van der Waals surface area contributed by atoms with Crippen LogP contribution in [0.3, 0.4) is 0 Å². The Kier molecular flexibility index (Phi) is 5.78. The van der Waals surface area contributed by atoms with Crippen LogP contribution in [0.15, 0.2) is 18.3 Å². The third-order valence-electron chi connectivity index (χ3n) is 3.87. The van der Waals surface area contributed by atoms with E-state index >= 15 is 0 Å². The van der Waals surface area contributed by atoms with Gasteiger partial charge in [0.25, 0.3) is 0 Å². The zero-order valence-electron chi connectivity index (χ0n) is 10.9. The van der Waals surface area contributed by atoms with Crippen molar-refractivity contribution in [3.8, 4) is 5.88 Å². The summed E-state index contributed by atoms with van der Waals surface area (Å²) < 4.78 is 5.97. The van der Waals surface area contributed by atoms with E-state index in [1.54, 1.807) is 6.20 Å². The van der Waals surface area contributed by atoms with Gasteiger partial charge in [-0.2, -0.15) is 0 Å². The number of aromatic nitrogens is 1. The molecule has 3 aliphatic rings. The first kappa shape index (κ1) is 15.1. The Morgan fingerprint density at radius 1 is 1.33 bits per heavy atom. The standard InChI is InChI=1S/C13H18N3O.Rb/c14-7-10-1-2-13(15-8-10)17-12-9-16-5-3-11(12)4-6-16;/h1-2,8,11-12,14H,3-7,9H2;/q-1;+1. The Morgan fingerprint density at radius 2 is 2.11 bits per heavy atom. The molecule has 4 nitrogen and oxygen atoms in total. The van der Waals surface area contributed by atoms with E-state index in [0.29, 0.717) is 17.9 Å². The van der Waals surface area contributed by atoms with Crippen molar-refractivity contribution in [3.05, 3.63) is 29.6 Å². The van der Waals surface area contributed by atoms with Crippen LogP contribution in [-0.2, 0) is 6.54 Å². The molecule has 3 fully saturated rings. The van der Waals surface area contributed by atoms with Crippen molar-refractivity contribution in [1.29, 1.82) is 0 Å². The molecule has 2 bridgehead atoms. The topological polar surface area (TPSA) is 49.2 Å². The number of hydrogen-bond acceptors (Lipinski definition) is 3. The van der Waals surface area contributed by atoms with Crippen LogP contribution in [0.2, 0.25) is 0 Å². The first-order valence-corrected chi connectivity index (χ1v) is 6.33. The van der Waals surface area contributed by atoms with Gasteiger partial charge >= 0.3 is 58.2 Å². The van der Waals surface area contributed by atoms with Gasteiger partial charge in [-0.3, -0.25) is 4.90 Å². The van der Waals surface area contributed by atoms with Crippen LogP contribution >= 0.6 is 0 Å². The molecule has 0 amide bonds. The van der Waals surface area contributed by atoms with Crippen LogP contribution in [0.5, 0.6) is 5.88 Å². The van der Waals surface area contributed by atoms with Crippen molar-refractivity contribution in [3.63, 3.8) is 0 Å².